The SMILES string of the molecule is C[C@@H](CC(=O)c1ccc(/C(F)=C/C(c2cc(Cl)cc(Cl)c2)C(F)(F)F)cc1C(F)(F)F)C(=O)NCC(F)(F)F. The lowest BCUT2D eigenvalue weighted by atomic mass is 9.92. The second-order valence-electron chi connectivity index (χ2n) is 8.36. The zero-order valence-corrected chi connectivity index (χ0v) is 21.0. The number of allylic oxidation sites excluding steroid dienone is 1. The number of hydrogen-bond acceptors (Lipinski definition) is 2. The summed E-state index contributed by atoms with van der Waals surface area (Å²) >= 11 is 11.4. The monoisotopic (exact) mass is 611 g/mol. The number of benzene rings is 2. The summed E-state index contributed by atoms with van der Waals surface area (Å²) in [6, 6.07) is 4.07. The Bertz CT molecular complexity index is 1230. The highest BCUT2D eigenvalue weighted by Crippen LogP contribution is 2.41. The summed E-state index contributed by atoms with van der Waals surface area (Å²) in [6.07, 6.45) is -16.1. The first-order chi connectivity index (χ1) is 17.7. The van der Waals surface area contributed by atoms with Gasteiger partial charge in [0, 0.05) is 33.5 Å². The van der Waals surface area contributed by atoms with E-state index in [0.29, 0.717) is 12.1 Å². The molecule has 2 aromatic rings. The summed E-state index contributed by atoms with van der Waals surface area (Å²) in [5.41, 5.74) is -4.30. The summed E-state index contributed by atoms with van der Waals surface area (Å²) < 4.78 is 134. The lowest BCUT2D eigenvalue weighted by Gasteiger charge is -2.19. The second-order valence-corrected chi connectivity index (χ2v) is 9.23. The number of hydrogen-bond donors (Lipinski definition) is 1. The van der Waals surface area contributed by atoms with Crippen LogP contribution in [0.25, 0.3) is 5.83 Å². The van der Waals surface area contributed by atoms with E-state index in [9.17, 15) is 53.5 Å². The van der Waals surface area contributed by atoms with Crippen molar-refractivity contribution < 1.29 is 53.5 Å². The topological polar surface area (TPSA) is 46.2 Å². The highest BCUT2D eigenvalue weighted by molar-refractivity contribution is 6.34. The Balaban J connectivity index is 2.43. The third kappa shape index (κ3) is 9.41. The van der Waals surface area contributed by atoms with Gasteiger partial charge in [0.15, 0.2) is 5.78 Å². The minimum atomic E-state index is -5.28. The molecule has 0 aromatic heterocycles. The van der Waals surface area contributed by atoms with Gasteiger partial charge in [-0.25, -0.2) is 4.39 Å². The van der Waals surface area contributed by atoms with Gasteiger partial charge in [0.1, 0.15) is 18.3 Å². The Kier molecular flexibility index (Phi) is 10.1. The van der Waals surface area contributed by atoms with E-state index in [2.05, 4.69) is 0 Å². The van der Waals surface area contributed by atoms with E-state index in [0.717, 1.165) is 25.1 Å². The molecule has 2 atom stereocenters. The van der Waals surface area contributed by atoms with Crippen LogP contribution in [0.4, 0.5) is 43.9 Å². The lowest BCUT2D eigenvalue weighted by Crippen LogP contribution is -2.37. The summed E-state index contributed by atoms with van der Waals surface area (Å²) in [6.45, 7) is -0.716. The minimum Gasteiger partial charge on any atom is -0.347 e. The first-order valence-corrected chi connectivity index (χ1v) is 11.4. The molecule has 0 saturated carbocycles. The van der Waals surface area contributed by atoms with Crippen LogP contribution in [-0.4, -0.2) is 30.6 Å². The molecule has 0 radical (unpaired) electrons. The number of carbonyl (C=O) groups is 2. The number of amides is 1. The van der Waals surface area contributed by atoms with E-state index < -0.39 is 83.1 Å². The van der Waals surface area contributed by atoms with Gasteiger partial charge < -0.3 is 5.32 Å². The molecule has 214 valence electrons. The van der Waals surface area contributed by atoms with Crippen molar-refractivity contribution in [1.29, 1.82) is 0 Å². The van der Waals surface area contributed by atoms with E-state index in [-0.39, 0.29) is 22.2 Å². The van der Waals surface area contributed by atoms with E-state index in [1.54, 1.807) is 0 Å². The molecule has 0 fully saturated rings. The maximum absolute atomic E-state index is 14.9. The zero-order valence-electron chi connectivity index (χ0n) is 19.5. The number of Topliss-reactive ketones (excluding diaryl/α,β-unsaturated/α-hetero) is 1. The molecule has 15 heteroatoms. The molecule has 3 nitrogen and oxygen atoms in total. The Morgan fingerprint density at radius 2 is 1.49 bits per heavy atom. The fraction of sp³-hybridized carbons (Fsp3) is 0.333. The molecular weight excluding hydrogens is 595 g/mol. The van der Waals surface area contributed by atoms with Crippen LogP contribution in [0.1, 0.15) is 46.3 Å². The smallest absolute Gasteiger partial charge is 0.347 e. The maximum Gasteiger partial charge on any atom is 0.417 e. The summed E-state index contributed by atoms with van der Waals surface area (Å²) in [5.74, 6) is -8.39. The predicted octanol–water partition coefficient (Wildman–Crippen LogP) is 8.56. The molecule has 0 bridgehead atoms. The first kappa shape index (κ1) is 32.4. The van der Waals surface area contributed by atoms with E-state index in [1.807, 2.05) is 0 Å². The molecule has 2 aromatic carbocycles. The van der Waals surface area contributed by atoms with Gasteiger partial charge in [-0.1, -0.05) is 42.3 Å². The van der Waals surface area contributed by atoms with Crippen molar-refractivity contribution in [3.05, 3.63) is 74.8 Å². The van der Waals surface area contributed by atoms with E-state index >= 15 is 0 Å². The maximum atomic E-state index is 14.9. The number of alkyl halides is 9. The molecule has 0 saturated heterocycles. The highest BCUT2D eigenvalue weighted by atomic mass is 35.5. The van der Waals surface area contributed by atoms with Crippen molar-refractivity contribution in [2.45, 2.75) is 37.8 Å². The normalized spacial score (nSPS) is 14.6. The molecule has 0 aliphatic rings. The second kappa shape index (κ2) is 12.2. The Morgan fingerprint density at radius 1 is 0.923 bits per heavy atom. The van der Waals surface area contributed by atoms with Gasteiger partial charge in [-0.2, -0.15) is 39.5 Å². The lowest BCUT2D eigenvalue weighted by molar-refractivity contribution is -0.140. The van der Waals surface area contributed by atoms with E-state index in [4.69, 9.17) is 23.2 Å². The third-order valence-corrected chi connectivity index (χ3v) is 5.65. The van der Waals surface area contributed by atoms with Crippen molar-refractivity contribution >= 4 is 40.7 Å². The molecule has 0 heterocycles. The van der Waals surface area contributed by atoms with Crippen LogP contribution in [0, 0.1) is 5.92 Å². The van der Waals surface area contributed by atoms with Gasteiger partial charge in [-0.05, 0) is 35.9 Å². The molecule has 2 rings (SSSR count). The average Bonchev–Trinajstić information content (AvgIpc) is 2.77. The number of rotatable bonds is 8. The van der Waals surface area contributed by atoms with Crippen LogP contribution in [0.3, 0.4) is 0 Å². The van der Waals surface area contributed by atoms with Crippen molar-refractivity contribution in [2.24, 2.45) is 5.92 Å². The van der Waals surface area contributed by atoms with Crippen molar-refractivity contribution in [1.82, 2.24) is 5.32 Å². The van der Waals surface area contributed by atoms with Gasteiger partial charge in [0.25, 0.3) is 0 Å². The van der Waals surface area contributed by atoms with E-state index in [1.165, 1.54) is 5.32 Å². The molecular formula is C24H17Cl2F10NO2. The quantitative estimate of drug-likeness (QED) is 0.240. The fourth-order valence-electron chi connectivity index (χ4n) is 3.39. The van der Waals surface area contributed by atoms with Crippen LogP contribution in [0.2, 0.25) is 10.0 Å². The highest BCUT2D eigenvalue weighted by Gasteiger charge is 2.41. The number of halogens is 12. The summed E-state index contributed by atoms with van der Waals surface area (Å²) in [4.78, 5) is 24.3. The molecule has 1 unspecified atom stereocenters. The molecule has 1 N–H and O–H groups in total. The van der Waals surface area contributed by atoms with Gasteiger partial charge in [-0.15, -0.1) is 0 Å². The number of carbonyl (C=O) groups excluding carboxylic acids is 2. The molecule has 0 aliphatic carbocycles. The number of nitrogens with one attached hydrogen (secondary N) is 1. The Hall–Kier alpha value is -2.80. The summed E-state index contributed by atoms with van der Waals surface area (Å²) in [7, 11) is 0. The largest absolute Gasteiger partial charge is 0.417 e. The minimum absolute atomic E-state index is 0.0199. The van der Waals surface area contributed by atoms with Gasteiger partial charge in [0.2, 0.25) is 5.91 Å². The first-order valence-electron chi connectivity index (χ1n) is 10.7. The van der Waals surface area contributed by atoms with Crippen molar-refractivity contribution in [2.75, 3.05) is 6.54 Å². The zero-order chi connectivity index (χ0) is 29.9. The standard InChI is InChI=1S/C24H17Cl2F10NO2/c1-11(21(39)37-10-22(28,29)30)4-20(38)16-3-2-12(7-18(16)24(34,35)36)19(27)9-17(23(31,32)33)13-5-14(25)8-15(26)6-13/h2-3,5-9,11,17H,4,10H2,1H3,(H,37,39)/b19-9-/t11-,17?/m0/s1. The number of ketones is 1. The summed E-state index contributed by atoms with van der Waals surface area (Å²) in [5, 5.41) is 1.09. The van der Waals surface area contributed by atoms with Gasteiger partial charge in [-0.3, -0.25) is 9.59 Å². The van der Waals surface area contributed by atoms with Crippen LogP contribution in [0.5, 0.6) is 0 Å². The van der Waals surface area contributed by atoms with Crippen LogP contribution < -0.4 is 5.32 Å². The fourth-order valence-corrected chi connectivity index (χ4v) is 3.93. The third-order valence-electron chi connectivity index (χ3n) is 5.21. The Labute approximate surface area is 224 Å². The Morgan fingerprint density at radius 3 is 1.97 bits per heavy atom. The van der Waals surface area contributed by atoms with Crippen molar-refractivity contribution in [3.8, 4) is 0 Å². The van der Waals surface area contributed by atoms with Gasteiger partial charge in [0.05, 0.1) is 5.56 Å². The molecule has 1 amide bonds. The van der Waals surface area contributed by atoms with Crippen molar-refractivity contribution in [3.63, 3.8) is 0 Å². The molecule has 0 spiro atoms. The molecule has 39 heavy (non-hydrogen) atoms. The average molecular weight is 612 g/mol. The van der Waals surface area contributed by atoms with Crippen LogP contribution >= 0.6 is 23.2 Å². The van der Waals surface area contributed by atoms with Crippen LogP contribution in [-0.2, 0) is 11.0 Å². The predicted molar refractivity (Wildman–Crippen MR) is 123 cm³/mol. The van der Waals surface area contributed by atoms with Crippen LogP contribution in [0.15, 0.2) is 42.5 Å². The molecule has 0 aliphatic heterocycles. The van der Waals surface area contributed by atoms with Gasteiger partial charge >= 0.3 is 18.5 Å².